The lowest BCUT2D eigenvalue weighted by molar-refractivity contribution is -0.0231. The number of rotatable bonds is 2. The van der Waals surface area contributed by atoms with Crippen LogP contribution in [0.4, 0.5) is 4.39 Å². The number of aryl methyl sites for hydroxylation is 1. The topological polar surface area (TPSA) is 116 Å². The van der Waals surface area contributed by atoms with Crippen LogP contribution < -0.4 is 5.56 Å². The Morgan fingerprint density at radius 2 is 2.04 bits per heavy atom. The third-order valence-corrected chi connectivity index (χ3v) is 4.29. The van der Waals surface area contributed by atoms with Gasteiger partial charge in [0, 0.05) is 16.8 Å². The summed E-state index contributed by atoms with van der Waals surface area (Å²) in [5.74, 6) is -0.517. The van der Waals surface area contributed by atoms with Crippen LogP contribution >= 0.6 is 0 Å². The van der Waals surface area contributed by atoms with Gasteiger partial charge in [-0.1, -0.05) is 0 Å². The molecule has 1 fully saturated rings. The fourth-order valence-electron chi connectivity index (χ4n) is 2.77. The lowest BCUT2D eigenvalue weighted by Gasteiger charge is -2.15. The molecule has 23 heavy (non-hydrogen) atoms. The molecule has 2 aromatic heterocycles. The van der Waals surface area contributed by atoms with Crippen LogP contribution in [0.25, 0.3) is 11.0 Å². The fourth-order valence-corrected chi connectivity index (χ4v) is 2.77. The maximum Gasteiger partial charge on any atom is 0.255 e. The van der Waals surface area contributed by atoms with E-state index in [1.165, 1.54) is 6.07 Å². The summed E-state index contributed by atoms with van der Waals surface area (Å²) in [5, 5.41) is 29.0. The number of halogens is 1. The van der Waals surface area contributed by atoms with Crippen LogP contribution in [-0.4, -0.2) is 50.2 Å². The van der Waals surface area contributed by atoms with E-state index in [2.05, 4.69) is 9.97 Å². The Balaban J connectivity index is 2.16. The zero-order valence-electron chi connectivity index (χ0n) is 12.6. The Hall–Kier alpha value is -1.87. The van der Waals surface area contributed by atoms with Gasteiger partial charge in [0.2, 0.25) is 0 Å². The second-order valence-corrected chi connectivity index (χ2v) is 5.71. The van der Waals surface area contributed by atoms with Crippen molar-refractivity contribution in [2.45, 2.75) is 38.3 Å². The number of hydrogen-bond acceptors (Lipinski definition) is 6. The summed E-state index contributed by atoms with van der Waals surface area (Å²) in [4.78, 5) is 18.8. The van der Waals surface area contributed by atoms with Crippen molar-refractivity contribution in [1.82, 2.24) is 9.97 Å². The molecule has 3 rings (SSSR count). The minimum Gasteiger partial charge on any atom is -0.394 e. The van der Waals surface area contributed by atoms with Crippen LogP contribution in [0.1, 0.15) is 22.9 Å². The van der Waals surface area contributed by atoms with E-state index in [4.69, 9.17) is 9.84 Å². The van der Waals surface area contributed by atoms with Crippen molar-refractivity contribution in [1.29, 1.82) is 0 Å². The summed E-state index contributed by atoms with van der Waals surface area (Å²) in [5.41, 5.74) is 0.306. The van der Waals surface area contributed by atoms with Crippen molar-refractivity contribution < 1.29 is 24.4 Å². The van der Waals surface area contributed by atoms with Gasteiger partial charge in [-0.2, -0.15) is 0 Å². The summed E-state index contributed by atoms with van der Waals surface area (Å²) in [6, 6.07) is 1.27. The SMILES string of the molecule is Cc1nc2[nH]c(=O)c([C@@H]3O[C@H](CO)C(O)[C@@H]3O)cc2c(F)c1C. The van der Waals surface area contributed by atoms with E-state index in [0.717, 1.165) is 0 Å². The first-order valence-electron chi connectivity index (χ1n) is 7.17. The molecule has 124 valence electrons. The van der Waals surface area contributed by atoms with Crippen molar-refractivity contribution >= 4 is 11.0 Å². The average molecular weight is 324 g/mol. The first-order chi connectivity index (χ1) is 10.8. The van der Waals surface area contributed by atoms with Crippen molar-refractivity contribution in [3.63, 3.8) is 0 Å². The van der Waals surface area contributed by atoms with Gasteiger partial charge >= 0.3 is 0 Å². The Bertz CT molecular complexity index is 822. The molecular weight excluding hydrogens is 307 g/mol. The number of ether oxygens (including phenoxy) is 1. The second-order valence-electron chi connectivity index (χ2n) is 5.71. The number of fused-ring (bicyclic) bond motifs is 1. The van der Waals surface area contributed by atoms with Crippen molar-refractivity contribution in [2.24, 2.45) is 0 Å². The quantitative estimate of drug-likeness (QED) is 0.610. The molecule has 1 aliphatic heterocycles. The molecule has 4 atom stereocenters. The summed E-state index contributed by atoms with van der Waals surface area (Å²) in [6.07, 6.45) is -4.89. The van der Waals surface area contributed by atoms with E-state index < -0.39 is 42.4 Å². The van der Waals surface area contributed by atoms with Crippen molar-refractivity contribution in [3.05, 3.63) is 39.1 Å². The molecule has 0 aliphatic carbocycles. The minimum absolute atomic E-state index is 0.0241. The smallest absolute Gasteiger partial charge is 0.255 e. The number of nitrogens with one attached hydrogen (secondary N) is 1. The van der Waals surface area contributed by atoms with E-state index in [0.29, 0.717) is 11.3 Å². The largest absolute Gasteiger partial charge is 0.394 e. The van der Waals surface area contributed by atoms with Crippen LogP contribution in [0.5, 0.6) is 0 Å². The third kappa shape index (κ3) is 2.43. The highest BCUT2D eigenvalue weighted by Gasteiger charge is 2.44. The maximum absolute atomic E-state index is 14.4. The van der Waals surface area contributed by atoms with E-state index in [-0.39, 0.29) is 16.6 Å². The van der Waals surface area contributed by atoms with Gasteiger partial charge in [0.05, 0.1) is 12.0 Å². The highest BCUT2D eigenvalue weighted by molar-refractivity contribution is 5.77. The van der Waals surface area contributed by atoms with Gasteiger partial charge in [0.15, 0.2) is 0 Å². The van der Waals surface area contributed by atoms with Crippen LogP contribution in [0.3, 0.4) is 0 Å². The summed E-state index contributed by atoms with van der Waals surface area (Å²) < 4.78 is 19.8. The molecular formula is C15H17FN2O5. The summed E-state index contributed by atoms with van der Waals surface area (Å²) in [6.45, 7) is 2.71. The van der Waals surface area contributed by atoms with E-state index in [9.17, 15) is 19.4 Å². The van der Waals surface area contributed by atoms with Gasteiger partial charge in [0.1, 0.15) is 35.9 Å². The standard InChI is InChI=1S/C15H17FN2O5/c1-5-6(2)17-14-7(10(5)16)3-8(15(22)18-14)13-12(21)11(20)9(4-19)23-13/h3,9,11-13,19-21H,4H2,1-2H3,(H,17,18,22)/t9-,11?,12+,13+/m1/s1. The highest BCUT2D eigenvalue weighted by atomic mass is 19.1. The van der Waals surface area contributed by atoms with E-state index in [1.54, 1.807) is 13.8 Å². The molecule has 4 N–H and O–H groups in total. The summed E-state index contributed by atoms with van der Waals surface area (Å²) in [7, 11) is 0. The number of aliphatic hydroxyl groups is 3. The Morgan fingerprint density at radius 3 is 2.65 bits per heavy atom. The maximum atomic E-state index is 14.4. The number of pyridine rings is 2. The normalized spacial score (nSPS) is 27.7. The monoisotopic (exact) mass is 324 g/mol. The molecule has 0 saturated carbocycles. The number of aliphatic hydroxyl groups excluding tert-OH is 3. The predicted molar refractivity (Wildman–Crippen MR) is 78.5 cm³/mol. The summed E-state index contributed by atoms with van der Waals surface area (Å²) >= 11 is 0. The molecule has 2 aromatic rings. The first kappa shape index (κ1) is 16.0. The zero-order chi connectivity index (χ0) is 16.9. The molecule has 0 aromatic carbocycles. The molecule has 0 amide bonds. The molecule has 0 radical (unpaired) electrons. The highest BCUT2D eigenvalue weighted by Crippen LogP contribution is 2.33. The number of aromatic amines is 1. The minimum atomic E-state index is -1.40. The molecule has 1 unspecified atom stereocenters. The average Bonchev–Trinajstić information content (AvgIpc) is 2.80. The van der Waals surface area contributed by atoms with Gasteiger partial charge in [0.25, 0.3) is 5.56 Å². The zero-order valence-corrected chi connectivity index (χ0v) is 12.6. The van der Waals surface area contributed by atoms with Gasteiger partial charge in [-0.05, 0) is 19.9 Å². The Labute approximate surface area is 130 Å². The Kier molecular flexibility index (Phi) is 3.93. The number of aromatic nitrogens is 2. The molecule has 3 heterocycles. The molecule has 0 spiro atoms. The van der Waals surface area contributed by atoms with Gasteiger partial charge in [-0.3, -0.25) is 4.79 Å². The molecule has 1 aliphatic rings. The number of nitrogens with zero attached hydrogens (tertiary/aromatic N) is 1. The fraction of sp³-hybridized carbons (Fsp3) is 0.467. The first-order valence-corrected chi connectivity index (χ1v) is 7.17. The van der Waals surface area contributed by atoms with Crippen LogP contribution in [0.2, 0.25) is 0 Å². The van der Waals surface area contributed by atoms with E-state index in [1.807, 2.05) is 0 Å². The molecule has 0 bridgehead atoms. The lowest BCUT2D eigenvalue weighted by Crippen LogP contribution is -2.33. The Morgan fingerprint density at radius 1 is 1.35 bits per heavy atom. The third-order valence-electron chi connectivity index (χ3n) is 4.29. The van der Waals surface area contributed by atoms with Gasteiger partial charge in [-0.25, -0.2) is 9.37 Å². The lowest BCUT2D eigenvalue weighted by atomic mass is 10.0. The van der Waals surface area contributed by atoms with Gasteiger partial charge in [-0.15, -0.1) is 0 Å². The molecule has 1 saturated heterocycles. The number of hydrogen-bond donors (Lipinski definition) is 4. The van der Waals surface area contributed by atoms with Crippen molar-refractivity contribution in [3.8, 4) is 0 Å². The number of H-pyrrole nitrogens is 1. The molecule has 7 nitrogen and oxygen atoms in total. The predicted octanol–water partition coefficient (Wildman–Crippen LogP) is -0.167. The van der Waals surface area contributed by atoms with E-state index >= 15 is 0 Å². The molecule has 8 heteroatoms. The van der Waals surface area contributed by atoms with Crippen LogP contribution in [0.15, 0.2) is 10.9 Å². The van der Waals surface area contributed by atoms with Gasteiger partial charge < -0.3 is 25.0 Å². The second kappa shape index (κ2) is 5.64. The van der Waals surface area contributed by atoms with Crippen molar-refractivity contribution in [2.75, 3.05) is 6.61 Å². The van der Waals surface area contributed by atoms with Crippen LogP contribution in [-0.2, 0) is 4.74 Å². The van der Waals surface area contributed by atoms with Crippen LogP contribution in [0, 0.1) is 19.7 Å².